The third-order valence-corrected chi connectivity index (χ3v) is 11.2. The van der Waals surface area contributed by atoms with E-state index in [1.165, 1.54) is 27.0 Å². The molecular weight excluding hydrogens is 507 g/mol. The summed E-state index contributed by atoms with van der Waals surface area (Å²) in [5.41, 5.74) is 2.78. The van der Waals surface area contributed by atoms with Crippen molar-refractivity contribution in [2.24, 2.45) is 0 Å². The summed E-state index contributed by atoms with van der Waals surface area (Å²) >= 11 is 0. The van der Waals surface area contributed by atoms with Crippen LogP contribution in [0.4, 0.5) is 0 Å². The Labute approximate surface area is 220 Å². The predicted octanol–water partition coefficient (Wildman–Crippen LogP) is 4.21. The number of hydrogen-bond donors (Lipinski definition) is 0. The quantitative estimate of drug-likeness (QED) is 0.261. The van der Waals surface area contributed by atoms with Crippen LogP contribution in [-0.4, -0.2) is 6.16 Å². The smallest absolute Gasteiger partial charge is 0.112 e. The van der Waals surface area contributed by atoms with Crippen molar-refractivity contribution in [3.8, 4) is 0 Å². The van der Waals surface area contributed by atoms with E-state index in [2.05, 4.69) is 152 Å². The van der Waals surface area contributed by atoms with Crippen LogP contribution >= 0.6 is 7.26 Å². The average molecular weight is 537 g/mol. The maximum absolute atomic E-state index is 2.34. The van der Waals surface area contributed by atoms with Gasteiger partial charge >= 0.3 is 0 Å². The normalized spacial score (nSPS) is 11.1. The van der Waals surface area contributed by atoms with Crippen molar-refractivity contribution in [2.75, 3.05) is 6.16 Å². The van der Waals surface area contributed by atoms with Gasteiger partial charge in [-0.3, -0.25) is 0 Å². The van der Waals surface area contributed by atoms with E-state index >= 15 is 0 Å². The number of rotatable bonds is 8. The van der Waals surface area contributed by atoms with E-state index in [1.54, 1.807) is 0 Å². The largest absolute Gasteiger partial charge is 1.00 e. The van der Waals surface area contributed by atoms with Crippen LogP contribution in [0.25, 0.3) is 0 Å². The van der Waals surface area contributed by atoms with Crippen LogP contribution in [0.15, 0.2) is 152 Å². The zero-order valence-electron chi connectivity index (χ0n) is 19.8. The van der Waals surface area contributed by atoms with Gasteiger partial charge in [-0.15, -0.1) is 0 Å². The maximum Gasteiger partial charge on any atom is 0.112 e. The van der Waals surface area contributed by atoms with Crippen molar-refractivity contribution in [1.29, 1.82) is 0 Å². The predicted molar refractivity (Wildman–Crippen MR) is 149 cm³/mol. The molecule has 174 valence electrons. The number of benzene rings is 5. The van der Waals surface area contributed by atoms with Gasteiger partial charge in [-0.2, -0.15) is 0 Å². The van der Waals surface area contributed by atoms with Crippen LogP contribution in [-0.2, 0) is 0 Å². The summed E-state index contributed by atoms with van der Waals surface area (Å²) in [6.07, 6.45) is 2.19. The molecule has 0 aromatic heterocycles. The Bertz CT molecular complexity index is 1140. The topological polar surface area (TPSA) is 0 Å². The minimum absolute atomic E-state index is 0. The van der Waals surface area contributed by atoms with Crippen LogP contribution < -0.4 is 32.9 Å². The Balaban J connectivity index is 0.00000289. The van der Waals surface area contributed by atoms with E-state index in [-0.39, 0.29) is 17.0 Å². The van der Waals surface area contributed by atoms with Gasteiger partial charge < -0.3 is 17.0 Å². The molecule has 0 spiro atoms. The molecule has 0 bridgehead atoms. The molecule has 0 aliphatic heterocycles. The monoisotopic (exact) mass is 536 g/mol. The second kappa shape index (κ2) is 12.1. The molecule has 2 heteroatoms. The fraction of sp³-hybridized carbons (Fsp3) is 0.0909. The van der Waals surface area contributed by atoms with Crippen molar-refractivity contribution in [3.05, 3.63) is 163 Å². The molecule has 0 saturated heterocycles. The molecule has 0 radical (unpaired) electrons. The molecule has 0 amide bonds. The van der Waals surface area contributed by atoms with Crippen molar-refractivity contribution in [3.63, 3.8) is 0 Å². The Hall–Kier alpha value is -2.99. The first-order valence-corrected chi connectivity index (χ1v) is 14.0. The lowest BCUT2D eigenvalue weighted by Crippen LogP contribution is -3.00. The number of hydrogen-bond acceptors (Lipinski definition) is 0. The van der Waals surface area contributed by atoms with Crippen molar-refractivity contribution >= 4 is 23.2 Å². The van der Waals surface area contributed by atoms with Crippen LogP contribution in [0.3, 0.4) is 0 Å². The zero-order valence-corrected chi connectivity index (χ0v) is 22.2. The highest BCUT2D eigenvalue weighted by atomic mass is 79.9. The summed E-state index contributed by atoms with van der Waals surface area (Å²) in [6, 6.07) is 55.6. The van der Waals surface area contributed by atoms with Crippen LogP contribution in [0, 0.1) is 0 Å². The van der Waals surface area contributed by atoms with E-state index in [1.807, 2.05) is 0 Å². The molecule has 35 heavy (non-hydrogen) atoms. The Morgan fingerprint density at radius 3 is 1.00 bits per heavy atom. The SMILES string of the molecule is [Br-].c1ccc(C(CC[P+](c2ccccc2)(c2ccccc2)c2ccccc2)c2ccccc2)cc1. The summed E-state index contributed by atoms with van der Waals surface area (Å²) in [7, 11) is -1.85. The molecule has 0 aliphatic rings. The molecule has 0 nitrogen and oxygen atoms in total. The van der Waals surface area contributed by atoms with Gasteiger partial charge in [0.05, 0.1) is 6.16 Å². The number of halogens is 1. The Morgan fingerprint density at radius 1 is 0.400 bits per heavy atom. The highest BCUT2D eigenvalue weighted by Crippen LogP contribution is 2.57. The van der Waals surface area contributed by atoms with Crippen LogP contribution in [0.1, 0.15) is 23.5 Å². The molecule has 0 aliphatic carbocycles. The fourth-order valence-electron chi connectivity index (χ4n) is 5.10. The van der Waals surface area contributed by atoms with Gasteiger partial charge in [-0.1, -0.05) is 115 Å². The van der Waals surface area contributed by atoms with E-state index in [4.69, 9.17) is 0 Å². The van der Waals surface area contributed by atoms with E-state index in [0.717, 1.165) is 12.6 Å². The van der Waals surface area contributed by atoms with Crippen molar-refractivity contribution < 1.29 is 17.0 Å². The summed E-state index contributed by atoms with van der Waals surface area (Å²) in [4.78, 5) is 0. The third-order valence-electron chi connectivity index (χ3n) is 6.75. The third kappa shape index (κ3) is 5.48. The lowest BCUT2D eigenvalue weighted by atomic mass is 9.89. The summed E-state index contributed by atoms with van der Waals surface area (Å²) < 4.78 is 0. The van der Waals surface area contributed by atoms with Gasteiger partial charge in [0, 0.05) is 5.92 Å². The van der Waals surface area contributed by atoms with Gasteiger partial charge in [0.25, 0.3) is 0 Å². The van der Waals surface area contributed by atoms with Gasteiger partial charge in [0.2, 0.25) is 0 Å². The summed E-state index contributed by atoms with van der Waals surface area (Å²) in [5.74, 6) is 0.359. The standard InChI is InChI=1S/C33H30P.BrH/c1-6-16-28(17-7-1)33(29-18-8-2-9-19-29)26-27-34(30-20-10-3-11-21-30,31-22-12-4-13-23-31)32-24-14-5-15-25-32;/h1-25,33H,26-27H2;1H/q+1;/p-1. The van der Waals surface area contributed by atoms with Gasteiger partial charge in [0.1, 0.15) is 23.2 Å². The maximum atomic E-state index is 2.34. The molecule has 0 fully saturated rings. The molecule has 0 saturated carbocycles. The minimum Gasteiger partial charge on any atom is -1.00 e. The first kappa shape index (κ1) is 25.1. The summed E-state index contributed by atoms with van der Waals surface area (Å²) in [6.45, 7) is 0. The Kier molecular flexibility index (Phi) is 8.69. The molecule has 5 aromatic carbocycles. The molecule has 5 rings (SSSR count). The second-order valence-corrected chi connectivity index (χ2v) is 12.3. The van der Waals surface area contributed by atoms with Gasteiger partial charge in [-0.25, -0.2) is 0 Å². The van der Waals surface area contributed by atoms with Crippen molar-refractivity contribution in [1.82, 2.24) is 0 Å². The average Bonchev–Trinajstić information content (AvgIpc) is 2.94. The van der Waals surface area contributed by atoms with E-state index < -0.39 is 7.26 Å². The van der Waals surface area contributed by atoms with E-state index in [9.17, 15) is 0 Å². The first-order chi connectivity index (χ1) is 16.9. The van der Waals surface area contributed by atoms with Crippen LogP contribution in [0.2, 0.25) is 0 Å². The zero-order chi connectivity index (χ0) is 23.1. The summed E-state index contributed by atoms with van der Waals surface area (Å²) in [5, 5.41) is 4.35. The fourth-order valence-corrected chi connectivity index (χ4v) is 9.46. The highest BCUT2D eigenvalue weighted by molar-refractivity contribution is 7.95. The lowest BCUT2D eigenvalue weighted by Gasteiger charge is -2.29. The molecule has 0 atom stereocenters. The Morgan fingerprint density at radius 2 is 0.686 bits per heavy atom. The molecular formula is C33H30BrP. The van der Waals surface area contributed by atoms with Gasteiger partial charge in [-0.05, 0) is 53.9 Å². The van der Waals surface area contributed by atoms with Gasteiger partial charge in [0.15, 0.2) is 0 Å². The van der Waals surface area contributed by atoms with Crippen molar-refractivity contribution in [2.45, 2.75) is 12.3 Å². The highest BCUT2D eigenvalue weighted by Gasteiger charge is 2.45. The minimum atomic E-state index is -1.85. The first-order valence-electron chi connectivity index (χ1n) is 12.0. The second-order valence-electron chi connectivity index (χ2n) is 8.70. The molecule has 0 unspecified atom stereocenters. The molecule has 0 heterocycles. The lowest BCUT2D eigenvalue weighted by molar-refractivity contribution is -0.00000653. The van der Waals surface area contributed by atoms with E-state index in [0.29, 0.717) is 5.92 Å². The van der Waals surface area contributed by atoms with Crippen LogP contribution in [0.5, 0.6) is 0 Å². The molecule has 0 N–H and O–H groups in total. The molecule has 5 aromatic rings.